The molecule has 3 heteroatoms. The molecule has 0 aliphatic rings. The van der Waals surface area contributed by atoms with Crippen LogP contribution in [0.2, 0.25) is 0 Å². The van der Waals surface area contributed by atoms with E-state index in [9.17, 15) is 0 Å². The normalized spacial score (nSPS) is 11.8. The highest BCUT2D eigenvalue weighted by atomic mass is 32.1. The third-order valence-corrected chi connectivity index (χ3v) is 11.2. The van der Waals surface area contributed by atoms with Crippen molar-refractivity contribution in [2.24, 2.45) is 0 Å². The zero-order valence-corrected chi connectivity index (χ0v) is 32.6. The van der Waals surface area contributed by atoms with Crippen molar-refractivity contribution in [3.05, 3.63) is 130 Å². The van der Waals surface area contributed by atoms with Gasteiger partial charge in [0.05, 0.1) is 6.61 Å². The fourth-order valence-corrected chi connectivity index (χ4v) is 7.67. The second-order valence-corrected chi connectivity index (χ2v) is 15.3. The first-order valence-electron chi connectivity index (χ1n) is 18.8. The van der Waals surface area contributed by atoms with E-state index in [2.05, 4.69) is 157 Å². The fraction of sp³-hybridized carbons (Fsp3) is 0.362. The van der Waals surface area contributed by atoms with Crippen LogP contribution in [-0.2, 0) is 0 Å². The number of benzene rings is 5. The van der Waals surface area contributed by atoms with Gasteiger partial charge in [-0.3, -0.25) is 0 Å². The number of hydrogen-bond acceptors (Lipinski definition) is 3. The highest BCUT2D eigenvalue weighted by molar-refractivity contribution is 7.25. The lowest BCUT2D eigenvalue weighted by Gasteiger charge is -2.26. The summed E-state index contributed by atoms with van der Waals surface area (Å²) in [5, 5.41) is 2.71. The first kappa shape index (κ1) is 37.2. The van der Waals surface area contributed by atoms with Crippen LogP contribution in [0.15, 0.2) is 97.1 Å². The minimum absolute atomic E-state index is 0.598. The SMILES string of the molecule is CCC(C)c1ccc(N(c2ccc(C)cc2)c2ccc(C)cc2)cc1.CCCCCCCCOc1cc2c(cc1C)sc1cc(C)c(C)cc12. The van der Waals surface area contributed by atoms with Gasteiger partial charge in [0.2, 0.25) is 0 Å². The quantitative estimate of drug-likeness (QED) is 0.112. The Labute approximate surface area is 306 Å². The van der Waals surface area contributed by atoms with Crippen molar-refractivity contribution in [3.8, 4) is 5.75 Å². The van der Waals surface area contributed by atoms with Crippen LogP contribution < -0.4 is 9.64 Å². The van der Waals surface area contributed by atoms with Crippen molar-refractivity contribution >= 4 is 48.6 Å². The van der Waals surface area contributed by atoms with Gasteiger partial charge in [-0.25, -0.2) is 0 Å². The Morgan fingerprint density at radius 1 is 0.560 bits per heavy atom. The lowest BCUT2D eigenvalue weighted by atomic mass is 9.98. The van der Waals surface area contributed by atoms with E-state index in [0.29, 0.717) is 5.92 Å². The van der Waals surface area contributed by atoms with Crippen LogP contribution in [0.4, 0.5) is 17.1 Å². The van der Waals surface area contributed by atoms with Gasteiger partial charge in [0.15, 0.2) is 0 Å². The molecule has 1 unspecified atom stereocenters. The van der Waals surface area contributed by atoms with Gasteiger partial charge in [-0.15, -0.1) is 11.3 Å². The summed E-state index contributed by atoms with van der Waals surface area (Å²) in [6.07, 6.45) is 8.97. The van der Waals surface area contributed by atoms with Crippen molar-refractivity contribution in [2.75, 3.05) is 11.5 Å². The van der Waals surface area contributed by atoms with Crippen LogP contribution in [0, 0.1) is 34.6 Å². The molecule has 262 valence electrons. The third kappa shape index (κ3) is 9.37. The summed E-state index contributed by atoms with van der Waals surface area (Å²) in [7, 11) is 0. The second kappa shape index (κ2) is 17.7. The molecule has 0 N–H and O–H groups in total. The van der Waals surface area contributed by atoms with Crippen molar-refractivity contribution in [3.63, 3.8) is 0 Å². The minimum Gasteiger partial charge on any atom is -0.493 e. The molecule has 1 atom stereocenters. The summed E-state index contributed by atoms with van der Waals surface area (Å²) < 4.78 is 8.87. The zero-order chi connectivity index (χ0) is 35.6. The highest BCUT2D eigenvalue weighted by Gasteiger charge is 2.14. The predicted molar refractivity (Wildman–Crippen MR) is 222 cm³/mol. The van der Waals surface area contributed by atoms with Crippen LogP contribution in [0.1, 0.15) is 105 Å². The number of thiophene rings is 1. The maximum atomic E-state index is 6.13. The summed E-state index contributed by atoms with van der Waals surface area (Å²) in [6, 6.07) is 35.7. The molecule has 0 saturated carbocycles. The van der Waals surface area contributed by atoms with Crippen LogP contribution in [0.3, 0.4) is 0 Å². The Bertz CT molecular complexity index is 1910. The van der Waals surface area contributed by atoms with Gasteiger partial charge >= 0.3 is 0 Å². The molecule has 1 aromatic heterocycles. The number of anilines is 3. The van der Waals surface area contributed by atoms with Crippen molar-refractivity contribution in [2.45, 2.75) is 106 Å². The Balaban J connectivity index is 0.000000194. The smallest absolute Gasteiger partial charge is 0.122 e. The molecule has 6 aromatic rings. The standard InChI is InChI=1S/C24H27N.C23H30OS/c1-5-20(4)21-10-16-24(17-11-21)25(22-12-6-18(2)7-13-22)23-14-8-19(3)9-15-23;1-5-6-7-8-9-10-11-24-21-15-20-19-12-16(2)17(3)13-22(19)25-23(20)14-18(21)4/h6-17,20H,5H2,1-4H3;12-15H,5-11H2,1-4H3. The van der Waals surface area contributed by atoms with Crippen molar-refractivity contribution in [1.29, 1.82) is 0 Å². The Morgan fingerprint density at radius 3 is 1.60 bits per heavy atom. The lowest BCUT2D eigenvalue weighted by Crippen LogP contribution is -2.10. The second-order valence-electron chi connectivity index (χ2n) is 14.2. The fourth-order valence-electron chi connectivity index (χ4n) is 6.40. The van der Waals surface area contributed by atoms with E-state index >= 15 is 0 Å². The predicted octanol–water partition coefficient (Wildman–Crippen LogP) is 15.0. The summed E-state index contributed by atoms with van der Waals surface area (Å²) >= 11 is 1.89. The van der Waals surface area contributed by atoms with E-state index in [4.69, 9.17) is 4.74 Å². The van der Waals surface area contributed by atoms with Gasteiger partial charge in [0, 0.05) is 37.2 Å². The van der Waals surface area contributed by atoms with Gasteiger partial charge in [0.25, 0.3) is 0 Å². The molecule has 0 amide bonds. The molecular formula is C47H57NOS. The van der Waals surface area contributed by atoms with Crippen LogP contribution in [0.5, 0.6) is 5.75 Å². The van der Waals surface area contributed by atoms with E-state index in [1.807, 2.05) is 11.3 Å². The zero-order valence-electron chi connectivity index (χ0n) is 31.7. The molecule has 2 nitrogen and oxygen atoms in total. The van der Waals surface area contributed by atoms with Crippen LogP contribution in [-0.4, -0.2) is 6.61 Å². The van der Waals surface area contributed by atoms with Gasteiger partial charge in [-0.05, 0) is 136 Å². The Hall–Kier alpha value is -4.08. The molecule has 0 aliphatic heterocycles. The molecule has 6 rings (SSSR count). The van der Waals surface area contributed by atoms with Crippen molar-refractivity contribution < 1.29 is 4.74 Å². The summed E-state index contributed by atoms with van der Waals surface area (Å²) in [6.45, 7) is 18.4. The van der Waals surface area contributed by atoms with Crippen LogP contribution in [0.25, 0.3) is 20.2 Å². The van der Waals surface area contributed by atoms with E-state index in [-0.39, 0.29) is 0 Å². The van der Waals surface area contributed by atoms with E-state index in [1.54, 1.807) is 0 Å². The molecule has 0 radical (unpaired) electrons. The van der Waals surface area contributed by atoms with Gasteiger partial charge in [0.1, 0.15) is 5.75 Å². The summed E-state index contributed by atoms with van der Waals surface area (Å²) in [5.41, 5.74) is 11.5. The summed E-state index contributed by atoms with van der Waals surface area (Å²) in [5.74, 6) is 1.65. The number of nitrogens with zero attached hydrogens (tertiary/aromatic N) is 1. The molecule has 50 heavy (non-hydrogen) atoms. The Morgan fingerprint density at radius 2 is 1.04 bits per heavy atom. The Kier molecular flexibility index (Phi) is 13.2. The molecule has 0 aliphatic carbocycles. The monoisotopic (exact) mass is 683 g/mol. The maximum absolute atomic E-state index is 6.13. The topological polar surface area (TPSA) is 12.5 Å². The first-order chi connectivity index (χ1) is 24.2. The van der Waals surface area contributed by atoms with Gasteiger partial charge < -0.3 is 9.64 Å². The molecule has 1 heterocycles. The average Bonchev–Trinajstić information content (AvgIpc) is 3.45. The molecule has 0 saturated heterocycles. The molecule has 0 spiro atoms. The average molecular weight is 684 g/mol. The molecule has 5 aromatic carbocycles. The van der Waals surface area contributed by atoms with Crippen molar-refractivity contribution in [1.82, 2.24) is 0 Å². The number of ether oxygens (including phenoxy) is 1. The number of aryl methyl sites for hydroxylation is 5. The van der Waals surface area contributed by atoms with Gasteiger partial charge in [-0.1, -0.05) is 100 Å². The first-order valence-corrected chi connectivity index (χ1v) is 19.6. The molecular weight excluding hydrogens is 627 g/mol. The lowest BCUT2D eigenvalue weighted by molar-refractivity contribution is 0.303. The highest BCUT2D eigenvalue weighted by Crippen LogP contribution is 2.39. The van der Waals surface area contributed by atoms with Gasteiger partial charge in [-0.2, -0.15) is 0 Å². The summed E-state index contributed by atoms with van der Waals surface area (Å²) in [4.78, 5) is 2.32. The van der Waals surface area contributed by atoms with E-state index < -0.39 is 0 Å². The van der Waals surface area contributed by atoms with E-state index in [0.717, 1.165) is 18.8 Å². The molecule has 0 bridgehead atoms. The largest absolute Gasteiger partial charge is 0.493 e. The maximum Gasteiger partial charge on any atom is 0.122 e. The van der Waals surface area contributed by atoms with E-state index in [1.165, 1.54) is 109 Å². The molecule has 0 fully saturated rings. The number of hydrogen-bond donors (Lipinski definition) is 0. The number of fused-ring (bicyclic) bond motifs is 3. The number of unbranched alkanes of at least 4 members (excludes halogenated alkanes) is 5. The minimum atomic E-state index is 0.598. The van der Waals surface area contributed by atoms with Crippen LogP contribution >= 0.6 is 11.3 Å². The third-order valence-electron chi connectivity index (χ3n) is 10.1. The number of rotatable bonds is 13.